The maximum atomic E-state index is 9.08. The van der Waals surface area contributed by atoms with E-state index in [9.17, 15) is 0 Å². The molecule has 0 aliphatic rings. The molecule has 0 saturated heterocycles. The Labute approximate surface area is 70.5 Å². The van der Waals surface area contributed by atoms with Crippen molar-refractivity contribution >= 4 is 0 Å². The fourth-order valence-electron chi connectivity index (χ4n) is 0.748. The third-order valence-corrected chi connectivity index (χ3v) is 1.53. The van der Waals surface area contributed by atoms with Crippen LogP contribution in [0.1, 0.15) is 12.8 Å². The van der Waals surface area contributed by atoms with Gasteiger partial charge in [-0.15, -0.1) is 0 Å². The molecule has 12 heavy (non-hydrogen) atoms. The normalized spacial score (nSPS) is 17.9. The molecule has 0 aliphatic carbocycles. The van der Waals surface area contributed by atoms with Crippen LogP contribution in [0.15, 0.2) is 0 Å². The highest BCUT2D eigenvalue weighted by Gasteiger charge is 2.23. The summed E-state index contributed by atoms with van der Waals surface area (Å²) in [4.78, 5) is 0. The van der Waals surface area contributed by atoms with E-state index >= 15 is 0 Å². The van der Waals surface area contributed by atoms with Crippen LogP contribution in [0.4, 0.5) is 0 Å². The number of aliphatic hydroxyl groups excluding tert-OH is 4. The van der Waals surface area contributed by atoms with Crippen molar-refractivity contribution in [3.8, 4) is 6.07 Å². The molecule has 70 valence electrons. The number of hydrogen-bond acceptors (Lipinski definition) is 5. The molecule has 5 nitrogen and oxygen atoms in total. The topological polar surface area (TPSA) is 105 Å². The van der Waals surface area contributed by atoms with Gasteiger partial charge in [0, 0.05) is 6.42 Å². The largest absolute Gasteiger partial charge is 0.394 e. The molecule has 0 aromatic heterocycles. The summed E-state index contributed by atoms with van der Waals surface area (Å²) in [5.41, 5.74) is 0. The van der Waals surface area contributed by atoms with E-state index in [2.05, 4.69) is 0 Å². The zero-order valence-electron chi connectivity index (χ0n) is 6.59. The molecular weight excluding hydrogens is 162 g/mol. The first kappa shape index (κ1) is 11.3. The highest BCUT2D eigenvalue weighted by Crippen LogP contribution is 2.05. The molecule has 0 aromatic rings. The molecule has 0 heterocycles. The van der Waals surface area contributed by atoms with Crippen LogP contribution in [-0.2, 0) is 0 Å². The van der Waals surface area contributed by atoms with E-state index < -0.39 is 24.9 Å². The summed E-state index contributed by atoms with van der Waals surface area (Å²) in [5.74, 6) is 0. The van der Waals surface area contributed by atoms with Crippen molar-refractivity contribution in [3.05, 3.63) is 0 Å². The van der Waals surface area contributed by atoms with E-state index in [0.717, 1.165) is 0 Å². The maximum Gasteiger partial charge on any atom is 0.108 e. The Morgan fingerprint density at radius 2 is 1.75 bits per heavy atom. The summed E-state index contributed by atoms with van der Waals surface area (Å²) in [6.45, 7) is -0.606. The standard InChI is InChI=1S/C7H13NO4/c8-3-1-2-5(10)7(12)6(11)4-9/h5-7,9-12H,1-2,4H2/t5?,6-,7+/m1/s1. The summed E-state index contributed by atoms with van der Waals surface area (Å²) in [7, 11) is 0. The van der Waals surface area contributed by atoms with Gasteiger partial charge in [0.15, 0.2) is 0 Å². The lowest BCUT2D eigenvalue weighted by Crippen LogP contribution is -2.39. The van der Waals surface area contributed by atoms with Gasteiger partial charge < -0.3 is 20.4 Å². The lowest BCUT2D eigenvalue weighted by molar-refractivity contribution is -0.0777. The van der Waals surface area contributed by atoms with Gasteiger partial charge in [0.1, 0.15) is 12.2 Å². The average molecular weight is 175 g/mol. The van der Waals surface area contributed by atoms with Crippen LogP contribution >= 0.6 is 0 Å². The van der Waals surface area contributed by atoms with Gasteiger partial charge in [0.2, 0.25) is 0 Å². The molecule has 0 rings (SSSR count). The molecule has 5 heteroatoms. The Kier molecular flexibility index (Phi) is 5.58. The van der Waals surface area contributed by atoms with Crippen molar-refractivity contribution in [2.45, 2.75) is 31.2 Å². The predicted octanol–water partition coefficient (Wildman–Crippen LogP) is -1.63. The zero-order chi connectivity index (χ0) is 9.56. The third-order valence-electron chi connectivity index (χ3n) is 1.53. The summed E-state index contributed by atoms with van der Waals surface area (Å²) in [6, 6.07) is 1.80. The van der Waals surface area contributed by atoms with Crippen LogP contribution < -0.4 is 0 Å². The summed E-state index contributed by atoms with van der Waals surface area (Å²) >= 11 is 0. The molecule has 1 unspecified atom stereocenters. The molecule has 3 atom stereocenters. The monoisotopic (exact) mass is 175 g/mol. The van der Waals surface area contributed by atoms with Crippen LogP contribution in [0.5, 0.6) is 0 Å². The van der Waals surface area contributed by atoms with Crippen molar-refractivity contribution in [1.29, 1.82) is 5.26 Å². The molecule has 0 saturated carbocycles. The number of nitriles is 1. The Morgan fingerprint density at radius 1 is 1.17 bits per heavy atom. The first-order chi connectivity index (χ1) is 5.63. The first-order valence-corrected chi connectivity index (χ1v) is 3.65. The number of aliphatic hydroxyl groups is 4. The molecule has 0 aromatic carbocycles. The van der Waals surface area contributed by atoms with Gasteiger partial charge >= 0.3 is 0 Å². The van der Waals surface area contributed by atoms with Gasteiger partial charge in [-0.25, -0.2) is 0 Å². The van der Waals surface area contributed by atoms with Crippen molar-refractivity contribution in [2.75, 3.05) is 6.61 Å². The van der Waals surface area contributed by atoms with Gasteiger partial charge in [0.05, 0.1) is 18.8 Å². The Morgan fingerprint density at radius 3 is 2.17 bits per heavy atom. The number of hydrogen-bond donors (Lipinski definition) is 4. The second kappa shape index (κ2) is 5.91. The highest BCUT2D eigenvalue weighted by atomic mass is 16.4. The van der Waals surface area contributed by atoms with Crippen molar-refractivity contribution in [2.24, 2.45) is 0 Å². The van der Waals surface area contributed by atoms with E-state index in [1.807, 2.05) is 0 Å². The van der Waals surface area contributed by atoms with Crippen molar-refractivity contribution < 1.29 is 20.4 Å². The Hall–Kier alpha value is -0.670. The second-order valence-corrected chi connectivity index (χ2v) is 2.50. The molecule has 0 amide bonds. The fourth-order valence-corrected chi connectivity index (χ4v) is 0.748. The van der Waals surface area contributed by atoms with E-state index in [0.29, 0.717) is 0 Å². The smallest absolute Gasteiger partial charge is 0.108 e. The van der Waals surface area contributed by atoms with E-state index in [4.69, 9.17) is 25.7 Å². The summed E-state index contributed by atoms with van der Waals surface area (Å²) < 4.78 is 0. The Bertz CT molecular complexity index is 156. The van der Waals surface area contributed by atoms with Gasteiger partial charge in [-0.3, -0.25) is 0 Å². The van der Waals surface area contributed by atoms with Crippen LogP contribution in [0.25, 0.3) is 0 Å². The van der Waals surface area contributed by atoms with Gasteiger partial charge in [-0.1, -0.05) is 0 Å². The fraction of sp³-hybridized carbons (Fsp3) is 0.857. The number of rotatable bonds is 5. The van der Waals surface area contributed by atoms with E-state index in [1.165, 1.54) is 0 Å². The minimum atomic E-state index is -1.39. The lowest BCUT2D eigenvalue weighted by Gasteiger charge is -2.20. The molecule has 0 fully saturated rings. The first-order valence-electron chi connectivity index (χ1n) is 3.65. The zero-order valence-corrected chi connectivity index (χ0v) is 6.59. The van der Waals surface area contributed by atoms with Gasteiger partial charge in [-0.05, 0) is 6.42 Å². The SMILES string of the molecule is N#CCCC(O)[C@H](O)[C@H](O)CO. The molecule has 4 N–H and O–H groups in total. The molecule has 0 spiro atoms. The Balaban J connectivity index is 3.76. The van der Waals surface area contributed by atoms with Crippen LogP contribution in [-0.4, -0.2) is 45.3 Å². The second-order valence-electron chi connectivity index (χ2n) is 2.50. The number of nitrogens with zero attached hydrogens (tertiary/aromatic N) is 1. The highest BCUT2D eigenvalue weighted by molar-refractivity contribution is 4.79. The van der Waals surface area contributed by atoms with Crippen LogP contribution in [0.2, 0.25) is 0 Å². The summed E-state index contributed by atoms with van der Waals surface area (Å²) in [6.07, 6.45) is -3.70. The van der Waals surface area contributed by atoms with Crippen LogP contribution in [0, 0.1) is 11.3 Å². The van der Waals surface area contributed by atoms with Crippen molar-refractivity contribution in [1.82, 2.24) is 0 Å². The molecular formula is C7H13NO4. The minimum absolute atomic E-state index is 0.0920. The summed E-state index contributed by atoms with van der Waals surface area (Å²) in [5, 5.41) is 43.5. The minimum Gasteiger partial charge on any atom is -0.394 e. The van der Waals surface area contributed by atoms with Crippen molar-refractivity contribution in [3.63, 3.8) is 0 Å². The molecule has 0 aliphatic heterocycles. The van der Waals surface area contributed by atoms with Gasteiger partial charge in [0.25, 0.3) is 0 Å². The van der Waals surface area contributed by atoms with E-state index in [-0.39, 0.29) is 12.8 Å². The molecule has 0 bridgehead atoms. The van der Waals surface area contributed by atoms with E-state index in [1.54, 1.807) is 6.07 Å². The van der Waals surface area contributed by atoms with Gasteiger partial charge in [-0.2, -0.15) is 5.26 Å². The lowest BCUT2D eigenvalue weighted by atomic mass is 10.0. The van der Waals surface area contributed by atoms with Crippen LogP contribution in [0.3, 0.4) is 0 Å². The quantitative estimate of drug-likeness (QED) is 0.401. The third kappa shape index (κ3) is 3.64. The average Bonchev–Trinajstić information content (AvgIpc) is 2.11. The molecule has 0 radical (unpaired) electrons. The maximum absolute atomic E-state index is 9.08. The predicted molar refractivity (Wildman–Crippen MR) is 40.0 cm³/mol.